The van der Waals surface area contributed by atoms with E-state index < -0.39 is 0 Å². The zero-order valence-electron chi connectivity index (χ0n) is 16.7. The first-order valence-electron chi connectivity index (χ1n) is 10.4. The lowest BCUT2D eigenvalue weighted by Gasteiger charge is -2.28. The van der Waals surface area contributed by atoms with Gasteiger partial charge >= 0.3 is 0 Å². The average molecular weight is 390 g/mol. The van der Waals surface area contributed by atoms with E-state index in [2.05, 4.69) is 29.3 Å². The van der Waals surface area contributed by atoms with E-state index in [0.29, 0.717) is 18.1 Å². The highest BCUT2D eigenvalue weighted by Crippen LogP contribution is 2.48. The molecule has 0 saturated heterocycles. The Labute approximate surface area is 165 Å². The summed E-state index contributed by atoms with van der Waals surface area (Å²) >= 11 is 1.83. The number of hydrogen-bond donors (Lipinski definition) is 1. The van der Waals surface area contributed by atoms with Crippen LogP contribution < -0.4 is 10.1 Å². The quantitative estimate of drug-likeness (QED) is 0.758. The molecule has 5 nitrogen and oxygen atoms in total. The predicted octanol–water partition coefficient (Wildman–Crippen LogP) is 4.45. The van der Waals surface area contributed by atoms with Crippen LogP contribution in [-0.2, 0) is 11.2 Å². The van der Waals surface area contributed by atoms with Crippen molar-refractivity contribution in [2.24, 2.45) is 0 Å². The van der Waals surface area contributed by atoms with Gasteiger partial charge in [0.1, 0.15) is 17.3 Å². The van der Waals surface area contributed by atoms with Gasteiger partial charge in [0, 0.05) is 18.0 Å². The highest BCUT2D eigenvalue weighted by Gasteiger charge is 2.32. The minimum absolute atomic E-state index is 0.269. The summed E-state index contributed by atoms with van der Waals surface area (Å²) in [4.78, 5) is 11.7. The molecule has 2 atom stereocenters. The fourth-order valence-corrected chi connectivity index (χ4v) is 5.97. The normalized spacial score (nSPS) is 26.3. The molecule has 2 aliphatic carbocycles. The van der Waals surface area contributed by atoms with Gasteiger partial charge in [-0.05, 0) is 69.9 Å². The summed E-state index contributed by atoms with van der Waals surface area (Å²) in [5.74, 6) is 1.34. The molecule has 2 aromatic heterocycles. The number of rotatable bonds is 7. The van der Waals surface area contributed by atoms with Crippen LogP contribution >= 0.6 is 11.3 Å². The fourth-order valence-electron chi connectivity index (χ4n) is 4.74. The molecule has 0 aliphatic heterocycles. The maximum atomic E-state index is 6.45. The molecule has 1 N–H and O–H groups in total. The van der Waals surface area contributed by atoms with Crippen LogP contribution in [0, 0.1) is 0 Å². The molecule has 2 aliphatic rings. The van der Waals surface area contributed by atoms with Crippen molar-refractivity contribution < 1.29 is 9.47 Å². The largest absolute Gasteiger partial charge is 0.474 e. The summed E-state index contributed by atoms with van der Waals surface area (Å²) in [5, 5.41) is 4.57. The van der Waals surface area contributed by atoms with E-state index in [1.165, 1.54) is 35.1 Å². The third kappa shape index (κ3) is 3.84. The second-order valence-corrected chi connectivity index (χ2v) is 9.00. The first-order chi connectivity index (χ1) is 13.2. The van der Waals surface area contributed by atoms with Gasteiger partial charge in [-0.25, -0.2) is 9.97 Å². The lowest BCUT2D eigenvalue weighted by Crippen LogP contribution is -2.34. The van der Waals surface area contributed by atoms with Crippen molar-refractivity contribution in [3.63, 3.8) is 0 Å². The van der Waals surface area contributed by atoms with Crippen LogP contribution in [0.5, 0.6) is 5.88 Å². The molecule has 6 heteroatoms. The number of aromatic nitrogens is 2. The van der Waals surface area contributed by atoms with Crippen molar-refractivity contribution in [1.29, 1.82) is 0 Å². The zero-order chi connectivity index (χ0) is 18.8. The Morgan fingerprint density at radius 1 is 1.22 bits per heavy atom. The SMILES string of the molecule is CC[C@H](C[C@H]1CCc2sc3ncnc(OC4CCC(NC)CC4)c3c21)OC. The van der Waals surface area contributed by atoms with Crippen molar-refractivity contribution in [3.8, 4) is 5.88 Å². The smallest absolute Gasteiger partial charge is 0.225 e. The van der Waals surface area contributed by atoms with E-state index in [1.54, 1.807) is 6.33 Å². The molecular weight excluding hydrogens is 358 g/mol. The maximum Gasteiger partial charge on any atom is 0.225 e. The van der Waals surface area contributed by atoms with Crippen LogP contribution in [0.4, 0.5) is 0 Å². The van der Waals surface area contributed by atoms with Crippen molar-refractivity contribution in [3.05, 3.63) is 16.8 Å². The summed E-state index contributed by atoms with van der Waals surface area (Å²) in [6, 6.07) is 0.630. The van der Waals surface area contributed by atoms with E-state index in [9.17, 15) is 0 Å². The number of nitrogens with zero attached hydrogens (tertiary/aromatic N) is 2. The van der Waals surface area contributed by atoms with E-state index in [0.717, 1.165) is 42.8 Å². The molecule has 148 valence electrons. The Morgan fingerprint density at radius 3 is 2.74 bits per heavy atom. The van der Waals surface area contributed by atoms with Crippen molar-refractivity contribution in [2.75, 3.05) is 14.2 Å². The second-order valence-electron chi connectivity index (χ2n) is 7.92. The summed E-state index contributed by atoms with van der Waals surface area (Å²) in [7, 11) is 3.88. The third-order valence-electron chi connectivity index (χ3n) is 6.39. The molecule has 2 aromatic rings. The molecular formula is C21H31N3O2S. The lowest BCUT2D eigenvalue weighted by molar-refractivity contribution is 0.0857. The number of nitrogens with one attached hydrogen (secondary N) is 1. The molecule has 0 aromatic carbocycles. The molecule has 1 saturated carbocycles. The number of ether oxygens (including phenoxy) is 2. The Balaban J connectivity index is 1.59. The number of aryl methyl sites for hydroxylation is 1. The van der Waals surface area contributed by atoms with E-state index in [1.807, 2.05) is 18.4 Å². The van der Waals surface area contributed by atoms with Gasteiger partial charge in [-0.1, -0.05) is 6.92 Å². The fraction of sp³-hybridized carbons (Fsp3) is 0.714. The van der Waals surface area contributed by atoms with Crippen LogP contribution in [0.25, 0.3) is 10.2 Å². The Kier molecular flexibility index (Phi) is 5.95. The van der Waals surface area contributed by atoms with Crippen LogP contribution in [0.15, 0.2) is 6.33 Å². The highest BCUT2D eigenvalue weighted by molar-refractivity contribution is 7.19. The second kappa shape index (κ2) is 8.41. The number of hydrogen-bond acceptors (Lipinski definition) is 6. The van der Waals surface area contributed by atoms with Crippen LogP contribution in [0.2, 0.25) is 0 Å². The molecule has 27 heavy (non-hydrogen) atoms. The summed E-state index contributed by atoms with van der Waals surface area (Å²) in [6.45, 7) is 2.20. The summed E-state index contributed by atoms with van der Waals surface area (Å²) in [6.07, 6.45) is 11.3. The van der Waals surface area contributed by atoms with Crippen LogP contribution in [0.3, 0.4) is 0 Å². The van der Waals surface area contributed by atoms with Gasteiger partial charge in [0.15, 0.2) is 0 Å². The van der Waals surface area contributed by atoms with Crippen LogP contribution in [0.1, 0.15) is 68.2 Å². The number of fused-ring (bicyclic) bond motifs is 3. The number of thiophene rings is 1. The van der Waals surface area contributed by atoms with Crippen LogP contribution in [-0.4, -0.2) is 42.4 Å². The van der Waals surface area contributed by atoms with Crippen molar-refractivity contribution in [1.82, 2.24) is 15.3 Å². The van der Waals surface area contributed by atoms with E-state index in [-0.39, 0.29) is 6.10 Å². The highest BCUT2D eigenvalue weighted by atomic mass is 32.1. The topological polar surface area (TPSA) is 56.3 Å². The summed E-state index contributed by atoms with van der Waals surface area (Å²) < 4.78 is 12.1. The van der Waals surface area contributed by atoms with E-state index in [4.69, 9.17) is 9.47 Å². The molecule has 4 rings (SSSR count). The first kappa shape index (κ1) is 19.1. The Bertz CT molecular complexity index is 766. The lowest BCUT2D eigenvalue weighted by atomic mass is 9.92. The van der Waals surface area contributed by atoms with Gasteiger partial charge in [0.25, 0.3) is 0 Å². The molecule has 1 fully saturated rings. The van der Waals surface area contributed by atoms with Gasteiger partial charge < -0.3 is 14.8 Å². The van der Waals surface area contributed by atoms with Crippen molar-refractivity contribution in [2.45, 2.75) is 82.5 Å². The van der Waals surface area contributed by atoms with E-state index >= 15 is 0 Å². The van der Waals surface area contributed by atoms with Crippen molar-refractivity contribution >= 4 is 21.6 Å². The maximum absolute atomic E-state index is 6.45. The minimum atomic E-state index is 0.269. The monoisotopic (exact) mass is 389 g/mol. The molecule has 0 spiro atoms. The standard InChI is InChI=1S/C21H31N3O2S/c1-4-15(25-3)11-13-5-10-17-18(13)19-20(23-12-24-21(19)27-17)26-16-8-6-14(22-2)7-9-16/h12-16,22H,4-11H2,1-3H3/t13-,14?,15-,16?/m1/s1. The molecule has 0 unspecified atom stereocenters. The van der Waals surface area contributed by atoms with Gasteiger partial charge in [-0.15, -0.1) is 11.3 Å². The summed E-state index contributed by atoms with van der Waals surface area (Å²) in [5.41, 5.74) is 1.45. The molecule has 0 radical (unpaired) electrons. The van der Waals surface area contributed by atoms with Gasteiger partial charge in [0.05, 0.1) is 11.5 Å². The zero-order valence-corrected chi connectivity index (χ0v) is 17.5. The van der Waals surface area contributed by atoms with Gasteiger partial charge in [-0.2, -0.15) is 0 Å². The third-order valence-corrected chi connectivity index (χ3v) is 7.57. The number of methoxy groups -OCH3 is 1. The molecule has 0 amide bonds. The Morgan fingerprint density at radius 2 is 2.04 bits per heavy atom. The Hall–Kier alpha value is -1.24. The van der Waals surface area contributed by atoms with Gasteiger partial charge in [0.2, 0.25) is 5.88 Å². The average Bonchev–Trinajstić information content (AvgIpc) is 3.26. The molecule has 2 heterocycles. The van der Waals surface area contributed by atoms with Gasteiger partial charge in [-0.3, -0.25) is 0 Å². The minimum Gasteiger partial charge on any atom is -0.474 e. The first-order valence-corrected chi connectivity index (χ1v) is 11.2. The predicted molar refractivity (Wildman–Crippen MR) is 110 cm³/mol. The molecule has 0 bridgehead atoms.